The first-order valence-corrected chi connectivity index (χ1v) is 8.79. The fourth-order valence-electron chi connectivity index (χ4n) is 2.38. The van der Waals surface area contributed by atoms with Gasteiger partial charge in [-0.1, -0.05) is 29.8 Å². The molecule has 1 atom stereocenters. The summed E-state index contributed by atoms with van der Waals surface area (Å²) in [6.45, 7) is 2.59. The number of benzene rings is 2. The van der Waals surface area contributed by atoms with Crippen molar-refractivity contribution in [2.45, 2.75) is 30.3 Å². The molecule has 3 rings (SSSR count). The van der Waals surface area contributed by atoms with Crippen molar-refractivity contribution >= 4 is 29.3 Å². The van der Waals surface area contributed by atoms with Crippen molar-refractivity contribution in [3.63, 3.8) is 0 Å². The Kier molecular flexibility index (Phi) is 5.66. The summed E-state index contributed by atoms with van der Waals surface area (Å²) in [4.78, 5) is 13.3. The van der Waals surface area contributed by atoms with Crippen LogP contribution in [0.1, 0.15) is 18.1 Å². The maximum Gasteiger partial charge on any atom is 0.319 e. The predicted molar refractivity (Wildman–Crippen MR) is 93.3 cm³/mol. The number of fused-ring (bicyclic) bond motifs is 1. The molecule has 126 valence electrons. The Morgan fingerprint density at radius 2 is 2.12 bits per heavy atom. The molecule has 0 saturated carbocycles. The summed E-state index contributed by atoms with van der Waals surface area (Å²) < 4.78 is 16.2. The Hall–Kier alpha value is -1.69. The highest BCUT2D eigenvalue weighted by atomic mass is 35.5. The van der Waals surface area contributed by atoms with Gasteiger partial charge in [0.1, 0.15) is 17.6 Å². The first kappa shape index (κ1) is 17.1. The molecule has 0 unspecified atom stereocenters. The zero-order valence-corrected chi connectivity index (χ0v) is 14.7. The molecule has 6 heteroatoms. The van der Waals surface area contributed by atoms with Crippen molar-refractivity contribution in [1.82, 2.24) is 0 Å². The second kappa shape index (κ2) is 7.92. The number of esters is 1. The Labute approximate surface area is 150 Å². The van der Waals surface area contributed by atoms with Crippen LogP contribution in [0.4, 0.5) is 0 Å². The van der Waals surface area contributed by atoms with Crippen LogP contribution in [0.2, 0.25) is 5.02 Å². The number of hydrogen-bond acceptors (Lipinski definition) is 5. The van der Waals surface area contributed by atoms with E-state index in [1.54, 1.807) is 12.1 Å². The van der Waals surface area contributed by atoms with Crippen LogP contribution in [-0.4, -0.2) is 18.0 Å². The van der Waals surface area contributed by atoms with E-state index in [0.717, 1.165) is 16.0 Å². The highest BCUT2D eigenvalue weighted by Crippen LogP contribution is 2.32. The Morgan fingerprint density at radius 3 is 2.92 bits per heavy atom. The van der Waals surface area contributed by atoms with Crippen LogP contribution < -0.4 is 4.74 Å². The smallest absolute Gasteiger partial charge is 0.319 e. The van der Waals surface area contributed by atoms with Crippen LogP contribution in [0.15, 0.2) is 47.4 Å². The summed E-state index contributed by atoms with van der Waals surface area (Å²) in [5.74, 6) is 0.423. The monoisotopic (exact) mass is 364 g/mol. The van der Waals surface area contributed by atoms with Gasteiger partial charge in [0.25, 0.3) is 0 Å². The van der Waals surface area contributed by atoms with Gasteiger partial charge in [-0.3, -0.25) is 4.79 Å². The van der Waals surface area contributed by atoms with E-state index < -0.39 is 0 Å². The normalized spacial score (nSPS) is 14.4. The minimum Gasteiger partial charge on any atom is -0.467 e. The first-order valence-electron chi connectivity index (χ1n) is 7.53. The topological polar surface area (TPSA) is 44.8 Å². The SMILES string of the molecule is C[C@@H](Sc1ccccc1)C(=O)OCc1cc(Cl)cc2c1OCOC2. The molecule has 4 nitrogen and oxygen atoms in total. The molecule has 1 aliphatic rings. The van der Waals surface area contributed by atoms with E-state index in [4.69, 9.17) is 25.8 Å². The number of halogens is 1. The van der Waals surface area contributed by atoms with Gasteiger partial charge in [-0.15, -0.1) is 11.8 Å². The molecule has 0 fully saturated rings. The lowest BCUT2D eigenvalue weighted by atomic mass is 10.1. The summed E-state index contributed by atoms with van der Waals surface area (Å²) in [6.07, 6.45) is 0. The molecule has 1 heterocycles. The largest absolute Gasteiger partial charge is 0.467 e. The minimum atomic E-state index is -0.299. The van der Waals surface area contributed by atoms with Crippen LogP contribution >= 0.6 is 23.4 Å². The van der Waals surface area contributed by atoms with Crippen molar-refractivity contribution in [2.75, 3.05) is 6.79 Å². The number of thioether (sulfide) groups is 1. The van der Waals surface area contributed by atoms with E-state index in [1.807, 2.05) is 37.3 Å². The van der Waals surface area contributed by atoms with Gasteiger partial charge >= 0.3 is 5.97 Å². The predicted octanol–water partition coefficient (Wildman–Crippen LogP) is 4.43. The van der Waals surface area contributed by atoms with E-state index >= 15 is 0 Å². The van der Waals surface area contributed by atoms with Gasteiger partial charge in [0.2, 0.25) is 0 Å². The molecule has 0 spiro atoms. The van der Waals surface area contributed by atoms with Crippen molar-refractivity contribution in [2.24, 2.45) is 0 Å². The van der Waals surface area contributed by atoms with E-state index in [1.165, 1.54) is 11.8 Å². The molecule has 0 radical (unpaired) electrons. The van der Waals surface area contributed by atoms with Crippen LogP contribution in [-0.2, 0) is 27.5 Å². The van der Waals surface area contributed by atoms with E-state index in [9.17, 15) is 4.79 Å². The molecule has 0 saturated heterocycles. The summed E-state index contributed by atoms with van der Waals surface area (Å²) in [5.41, 5.74) is 1.62. The highest BCUT2D eigenvalue weighted by molar-refractivity contribution is 8.00. The van der Waals surface area contributed by atoms with Gasteiger partial charge in [-0.05, 0) is 31.2 Å². The van der Waals surface area contributed by atoms with Gasteiger partial charge in [0, 0.05) is 21.0 Å². The van der Waals surface area contributed by atoms with Gasteiger partial charge in [0.05, 0.1) is 6.61 Å². The maximum atomic E-state index is 12.2. The maximum absolute atomic E-state index is 12.2. The standard InChI is InChI=1S/C18H17ClO4S/c1-12(24-16-5-3-2-4-6-16)18(20)22-10-14-8-15(19)7-13-9-21-11-23-17(13)14/h2-8,12H,9-11H2,1H3/t12-/m1/s1. The molecular weight excluding hydrogens is 348 g/mol. The third kappa shape index (κ3) is 4.23. The van der Waals surface area contributed by atoms with Crippen molar-refractivity contribution in [1.29, 1.82) is 0 Å². The van der Waals surface area contributed by atoms with Crippen molar-refractivity contribution in [3.8, 4) is 5.75 Å². The first-order chi connectivity index (χ1) is 11.6. The highest BCUT2D eigenvalue weighted by Gasteiger charge is 2.20. The number of hydrogen-bond donors (Lipinski definition) is 0. The zero-order valence-electron chi connectivity index (χ0n) is 13.2. The Morgan fingerprint density at radius 1 is 1.33 bits per heavy atom. The molecule has 2 aromatic rings. The van der Waals surface area contributed by atoms with Crippen LogP contribution in [0, 0.1) is 0 Å². The molecule has 24 heavy (non-hydrogen) atoms. The third-order valence-corrected chi connectivity index (χ3v) is 4.82. The summed E-state index contributed by atoms with van der Waals surface area (Å²) in [7, 11) is 0. The molecule has 0 aliphatic carbocycles. The number of rotatable bonds is 5. The van der Waals surface area contributed by atoms with E-state index in [2.05, 4.69) is 0 Å². The summed E-state index contributed by atoms with van der Waals surface area (Å²) in [5, 5.41) is 0.271. The van der Waals surface area contributed by atoms with E-state index in [-0.39, 0.29) is 24.6 Å². The quantitative estimate of drug-likeness (QED) is 0.580. The lowest BCUT2D eigenvalue weighted by Crippen LogP contribution is -2.18. The van der Waals surface area contributed by atoms with Crippen LogP contribution in [0.25, 0.3) is 0 Å². The fourth-order valence-corrected chi connectivity index (χ4v) is 3.53. The van der Waals surface area contributed by atoms with Gasteiger partial charge < -0.3 is 14.2 Å². The van der Waals surface area contributed by atoms with Crippen molar-refractivity contribution < 1.29 is 19.0 Å². The molecule has 0 N–H and O–H groups in total. The van der Waals surface area contributed by atoms with Crippen molar-refractivity contribution in [3.05, 3.63) is 58.6 Å². The third-order valence-electron chi connectivity index (χ3n) is 3.51. The molecule has 0 aromatic heterocycles. The fraction of sp³-hybridized carbons (Fsp3) is 0.278. The second-order valence-electron chi connectivity index (χ2n) is 5.34. The lowest BCUT2D eigenvalue weighted by molar-refractivity contribution is -0.144. The molecule has 2 aromatic carbocycles. The molecule has 1 aliphatic heterocycles. The molecule has 0 amide bonds. The summed E-state index contributed by atoms with van der Waals surface area (Å²) in [6, 6.07) is 13.3. The van der Waals surface area contributed by atoms with E-state index in [0.29, 0.717) is 17.4 Å². The number of carbonyl (C=O) groups is 1. The number of ether oxygens (including phenoxy) is 3. The molecular formula is C18H17ClO4S. The molecule has 0 bridgehead atoms. The van der Waals surface area contributed by atoms with Gasteiger partial charge in [-0.2, -0.15) is 0 Å². The van der Waals surface area contributed by atoms with Gasteiger partial charge in [0.15, 0.2) is 6.79 Å². The van der Waals surface area contributed by atoms with Crippen LogP contribution in [0.5, 0.6) is 5.75 Å². The van der Waals surface area contributed by atoms with Crippen LogP contribution in [0.3, 0.4) is 0 Å². The number of carbonyl (C=O) groups excluding carboxylic acids is 1. The minimum absolute atomic E-state index is 0.126. The second-order valence-corrected chi connectivity index (χ2v) is 7.20. The average molecular weight is 365 g/mol. The average Bonchev–Trinajstić information content (AvgIpc) is 2.60. The summed E-state index contributed by atoms with van der Waals surface area (Å²) >= 11 is 7.58. The van der Waals surface area contributed by atoms with Gasteiger partial charge in [-0.25, -0.2) is 0 Å². The zero-order chi connectivity index (χ0) is 16.9. The lowest BCUT2D eigenvalue weighted by Gasteiger charge is -2.21. The Balaban J connectivity index is 1.63. The Bertz CT molecular complexity index is 720.